The van der Waals surface area contributed by atoms with E-state index in [1.165, 1.54) is 12.2 Å². The summed E-state index contributed by atoms with van der Waals surface area (Å²) in [5.41, 5.74) is -4.24. The van der Waals surface area contributed by atoms with Crippen molar-refractivity contribution in [3.63, 3.8) is 0 Å². The number of carbonyl (C=O) groups excluding carboxylic acids is 2. The molecule has 1 aromatic rings. The van der Waals surface area contributed by atoms with Crippen LogP contribution in [0.1, 0.15) is 51.4 Å². The lowest BCUT2D eigenvalue weighted by Crippen LogP contribution is -2.69. The number of pyridine rings is 1. The molecule has 1 aromatic heterocycles. The second-order valence-corrected chi connectivity index (χ2v) is 11.2. The highest BCUT2D eigenvalue weighted by atomic mass is 19.1. The minimum absolute atomic E-state index is 0.0271. The van der Waals surface area contributed by atoms with E-state index in [0.29, 0.717) is 30.4 Å². The summed E-state index contributed by atoms with van der Waals surface area (Å²) in [5.74, 6) is -1.58. The predicted molar refractivity (Wildman–Crippen MR) is 121 cm³/mol. The van der Waals surface area contributed by atoms with E-state index in [4.69, 9.17) is 9.47 Å². The molecule has 0 bridgehead atoms. The van der Waals surface area contributed by atoms with Gasteiger partial charge in [-0.15, -0.1) is 0 Å². The number of aliphatic hydroxyl groups is 2. The molecule has 1 saturated heterocycles. The number of halogens is 1. The SMILES string of the molecule is C[C@]12C=CC(=O)C=C1CCC1C3C[C@H]4OC(c5cccnc5)O[C@@]4(C(=O)CO)[C@@]3(C)C[C@H](O)[C@@]12F. The number of hydrogen-bond acceptors (Lipinski definition) is 7. The molecule has 3 unspecified atom stereocenters. The van der Waals surface area contributed by atoms with Gasteiger partial charge in [0.25, 0.3) is 0 Å². The molecule has 5 aliphatic rings. The lowest BCUT2D eigenvalue weighted by Gasteiger charge is -2.62. The summed E-state index contributed by atoms with van der Waals surface area (Å²) in [6, 6.07) is 3.55. The van der Waals surface area contributed by atoms with Crippen molar-refractivity contribution < 1.29 is 33.7 Å². The fraction of sp³-hybridized carbons (Fsp3) is 0.593. The van der Waals surface area contributed by atoms with Crippen LogP contribution in [0, 0.1) is 22.7 Å². The lowest BCUT2D eigenvalue weighted by atomic mass is 9.44. The van der Waals surface area contributed by atoms with Crippen LogP contribution in [0.15, 0.2) is 48.3 Å². The van der Waals surface area contributed by atoms with Crippen molar-refractivity contribution in [3.8, 4) is 0 Å². The van der Waals surface area contributed by atoms with Crippen molar-refractivity contribution in [3.05, 3.63) is 53.9 Å². The van der Waals surface area contributed by atoms with E-state index in [9.17, 15) is 19.8 Å². The Bertz CT molecular complexity index is 1150. The number of aliphatic hydroxyl groups excluding tert-OH is 2. The van der Waals surface area contributed by atoms with Crippen LogP contribution >= 0.6 is 0 Å². The van der Waals surface area contributed by atoms with Crippen LogP contribution in [0.3, 0.4) is 0 Å². The molecule has 8 heteroatoms. The normalized spacial score (nSPS) is 48.0. The average Bonchev–Trinajstić information content (AvgIpc) is 3.34. The predicted octanol–water partition coefficient (Wildman–Crippen LogP) is 2.78. The maximum atomic E-state index is 17.3. The maximum absolute atomic E-state index is 17.3. The Kier molecular flexibility index (Phi) is 4.88. The number of carbonyl (C=O) groups is 2. The first-order valence-corrected chi connectivity index (χ1v) is 12.3. The van der Waals surface area contributed by atoms with Gasteiger partial charge in [0.05, 0.1) is 12.2 Å². The summed E-state index contributed by atoms with van der Waals surface area (Å²) in [7, 11) is 0. The minimum atomic E-state index is -2.01. The van der Waals surface area contributed by atoms with Gasteiger partial charge in [-0.25, -0.2) is 4.39 Å². The molecule has 4 aliphatic carbocycles. The minimum Gasteiger partial charge on any atom is -0.390 e. The average molecular weight is 484 g/mol. The largest absolute Gasteiger partial charge is 0.390 e. The summed E-state index contributed by atoms with van der Waals surface area (Å²) in [6.07, 6.45) is 6.13. The van der Waals surface area contributed by atoms with Gasteiger partial charge in [-0.3, -0.25) is 14.6 Å². The van der Waals surface area contributed by atoms with Crippen LogP contribution in [0.2, 0.25) is 0 Å². The number of aromatic nitrogens is 1. The van der Waals surface area contributed by atoms with E-state index in [-0.39, 0.29) is 18.1 Å². The summed E-state index contributed by atoms with van der Waals surface area (Å²) in [5, 5.41) is 21.5. The molecule has 2 N–H and O–H groups in total. The lowest BCUT2D eigenvalue weighted by molar-refractivity contribution is -0.231. The topological polar surface area (TPSA) is 106 Å². The number of fused-ring (bicyclic) bond motifs is 7. The molecular formula is C27H30FNO6. The second-order valence-electron chi connectivity index (χ2n) is 11.2. The molecule has 7 nitrogen and oxygen atoms in total. The van der Waals surface area contributed by atoms with Gasteiger partial charge in [-0.05, 0) is 56.7 Å². The highest BCUT2D eigenvalue weighted by Gasteiger charge is 2.79. The van der Waals surface area contributed by atoms with Crippen LogP contribution in [0.4, 0.5) is 4.39 Å². The van der Waals surface area contributed by atoms with Gasteiger partial charge in [-0.2, -0.15) is 0 Å². The van der Waals surface area contributed by atoms with Crippen LogP contribution in [-0.4, -0.2) is 56.8 Å². The monoisotopic (exact) mass is 483 g/mol. The van der Waals surface area contributed by atoms with Gasteiger partial charge >= 0.3 is 0 Å². The summed E-state index contributed by atoms with van der Waals surface area (Å²) in [4.78, 5) is 29.6. The van der Waals surface area contributed by atoms with Gasteiger partial charge in [0, 0.05) is 34.7 Å². The van der Waals surface area contributed by atoms with Gasteiger partial charge in [0.1, 0.15) is 6.61 Å². The number of nitrogens with zero attached hydrogens (tertiary/aromatic N) is 1. The van der Waals surface area contributed by atoms with Crippen LogP contribution in [-0.2, 0) is 19.1 Å². The molecule has 0 radical (unpaired) electrons. The Labute approximate surface area is 203 Å². The summed E-state index contributed by atoms with van der Waals surface area (Å²) in [6.45, 7) is 2.89. The van der Waals surface area contributed by atoms with Crippen molar-refractivity contribution in [2.45, 2.75) is 69.3 Å². The van der Waals surface area contributed by atoms with E-state index in [2.05, 4.69) is 4.98 Å². The second kappa shape index (κ2) is 7.38. The third-order valence-electron chi connectivity index (χ3n) is 9.90. The Morgan fingerprint density at radius 3 is 2.83 bits per heavy atom. The molecule has 1 aliphatic heterocycles. The third kappa shape index (κ3) is 2.66. The third-order valence-corrected chi connectivity index (χ3v) is 9.90. The molecule has 9 atom stereocenters. The number of alkyl halides is 1. The van der Waals surface area contributed by atoms with E-state index < -0.39 is 58.9 Å². The number of ether oxygens (including phenoxy) is 2. The van der Waals surface area contributed by atoms with Crippen LogP contribution in [0.5, 0.6) is 0 Å². The Morgan fingerprint density at radius 1 is 1.31 bits per heavy atom. The molecule has 0 amide bonds. The molecule has 6 rings (SSSR count). The van der Waals surface area contributed by atoms with Crippen molar-refractivity contribution in [2.75, 3.05) is 6.61 Å². The van der Waals surface area contributed by atoms with Gasteiger partial charge < -0.3 is 19.7 Å². The standard InChI is InChI=1S/C27H30FNO6/c1-24-8-7-17(31)10-16(24)5-6-18-19-11-22-27(21(33)14-30,25(19,2)12-20(32)26(18,24)28)35-23(34-22)15-4-3-9-29-13-15/h3-4,7-10,13,18-20,22-23,30,32H,5-6,11-12,14H2,1-2H3/t18?,19?,20-,22+,23?,24-,25-,26-,27+/m0/s1. The molecule has 3 saturated carbocycles. The highest BCUT2D eigenvalue weighted by molar-refractivity contribution is 6.01. The fourth-order valence-electron chi connectivity index (χ4n) is 8.24. The highest BCUT2D eigenvalue weighted by Crippen LogP contribution is 2.72. The van der Waals surface area contributed by atoms with Gasteiger partial charge in [-0.1, -0.05) is 24.6 Å². The first-order chi connectivity index (χ1) is 16.6. The zero-order valence-electron chi connectivity index (χ0n) is 19.8. The Morgan fingerprint density at radius 2 is 2.11 bits per heavy atom. The number of Topliss-reactive ketones (excluding diaryl/α,β-unsaturated/α-hetero) is 1. The Hall–Kier alpha value is -2.26. The number of ketones is 2. The Balaban J connectivity index is 1.44. The zero-order valence-corrected chi connectivity index (χ0v) is 19.8. The van der Waals surface area contributed by atoms with Crippen molar-refractivity contribution in [2.24, 2.45) is 22.7 Å². The molecule has 0 spiro atoms. The van der Waals surface area contributed by atoms with E-state index in [0.717, 1.165) is 0 Å². The smallest absolute Gasteiger partial charge is 0.193 e. The summed E-state index contributed by atoms with van der Waals surface area (Å²) >= 11 is 0. The zero-order chi connectivity index (χ0) is 24.8. The molecular weight excluding hydrogens is 453 g/mol. The quantitative estimate of drug-likeness (QED) is 0.681. The van der Waals surface area contributed by atoms with Gasteiger partial charge in [0.2, 0.25) is 0 Å². The van der Waals surface area contributed by atoms with E-state index >= 15 is 4.39 Å². The number of allylic oxidation sites excluding steroid dienone is 4. The molecule has 0 aromatic carbocycles. The number of rotatable bonds is 3. The molecule has 35 heavy (non-hydrogen) atoms. The molecule has 186 valence electrons. The van der Waals surface area contributed by atoms with Crippen LogP contribution < -0.4 is 0 Å². The number of hydrogen-bond donors (Lipinski definition) is 2. The first-order valence-electron chi connectivity index (χ1n) is 12.3. The van der Waals surface area contributed by atoms with E-state index in [1.807, 2.05) is 6.92 Å². The van der Waals surface area contributed by atoms with Crippen molar-refractivity contribution in [1.82, 2.24) is 4.98 Å². The van der Waals surface area contributed by atoms with Crippen LogP contribution in [0.25, 0.3) is 0 Å². The maximum Gasteiger partial charge on any atom is 0.193 e. The molecule has 4 fully saturated rings. The summed E-state index contributed by atoms with van der Waals surface area (Å²) < 4.78 is 30.0. The van der Waals surface area contributed by atoms with Gasteiger partial charge in [0.15, 0.2) is 29.1 Å². The van der Waals surface area contributed by atoms with Crippen molar-refractivity contribution in [1.29, 1.82) is 0 Å². The van der Waals surface area contributed by atoms with Crippen molar-refractivity contribution >= 4 is 11.6 Å². The molecule has 2 heterocycles. The first kappa shape index (κ1) is 23.2. The fourth-order valence-corrected chi connectivity index (χ4v) is 8.24. The van der Waals surface area contributed by atoms with E-state index in [1.54, 1.807) is 37.5 Å².